The first-order valence-corrected chi connectivity index (χ1v) is 9.78. The quantitative estimate of drug-likeness (QED) is 0.791. The third-order valence-electron chi connectivity index (χ3n) is 6.92. The Bertz CT molecular complexity index is 856. The van der Waals surface area contributed by atoms with Gasteiger partial charge < -0.3 is 0 Å². The molecular formula is C22H26N4. The summed E-state index contributed by atoms with van der Waals surface area (Å²) in [6.45, 7) is 8.09. The van der Waals surface area contributed by atoms with E-state index in [9.17, 15) is 0 Å². The van der Waals surface area contributed by atoms with Crippen LogP contribution >= 0.6 is 0 Å². The molecule has 0 N–H and O–H groups in total. The Hall–Kier alpha value is -2.07. The molecule has 2 atom stereocenters. The number of fused-ring (bicyclic) bond motifs is 2. The second-order valence-electron chi connectivity index (χ2n) is 8.69. The second-order valence-corrected chi connectivity index (χ2v) is 8.69. The molecule has 0 radical (unpaired) electrons. The number of rotatable bonds is 3. The first-order chi connectivity index (χ1) is 12.6. The van der Waals surface area contributed by atoms with Crippen molar-refractivity contribution >= 4 is 0 Å². The Labute approximate surface area is 155 Å². The van der Waals surface area contributed by atoms with E-state index in [0.29, 0.717) is 5.41 Å². The van der Waals surface area contributed by atoms with Gasteiger partial charge >= 0.3 is 0 Å². The molecule has 6 rings (SSSR count). The first-order valence-electron chi connectivity index (χ1n) is 9.78. The van der Waals surface area contributed by atoms with E-state index in [4.69, 9.17) is 4.98 Å². The SMILES string of the molecule is CC1(C)C2CC=C(CN3CCc4nc(-c5cccnc5)ncc4C3)C1C2. The van der Waals surface area contributed by atoms with Crippen molar-refractivity contribution in [2.75, 3.05) is 13.1 Å². The van der Waals surface area contributed by atoms with Gasteiger partial charge in [-0.1, -0.05) is 25.5 Å². The zero-order valence-corrected chi connectivity index (χ0v) is 15.7. The zero-order valence-electron chi connectivity index (χ0n) is 15.7. The molecule has 2 aromatic heterocycles. The van der Waals surface area contributed by atoms with Gasteiger partial charge in [-0.3, -0.25) is 9.88 Å². The molecule has 0 amide bonds. The third kappa shape index (κ3) is 2.59. The van der Waals surface area contributed by atoms with Gasteiger partial charge in [0.1, 0.15) is 0 Å². The van der Waals surface area contributed by atoms with Crippen molar-refractivity contribution < 1.29 is 0 Å². The molecule has 0 saturated heterocycles. The summed E-state index contributed by atoms with van der Waals surface area (Å²) < 4.78 is 0. The molecular weight excluding hydrogens is 320 g/mol. The van der Waals surface area contributed by atoms with Crippen LogP contribution in [0.2, 0.25) is 0 Å². The molecule has 3 aliphatic carbocycles. The number of pyridine rings is 1. The van der Waals surface area contributed by atoms with Crippen LogP contribution in [0.1, 0.15) is 37.9 Å². The molecule has 4 nitrogen and oxygen atoms in total. The van der Waals surface area contributed by atoms with Gasteiger partial charge in [0.2, 0.25) is 0 Å². The lowest BCUT2D eigenvalue weighted by atomic mass is 9.49. The summed E-state index contributed by atoms with van der Waals surface area (Å²) in [5.41, 5.74) is 5.67. The Morgan fingerprint density at radius 2 is 2.19 bits per heavy atom. The molecule has 0 spiro atoms. The average molecular weight is 346 g/mol. The molecule has 4 aliphatic rings. The molecule has 3 heterocycles. The van der Waals surface area contributed by atoms with Crippen LogP contribution in [0.5, 0.6) is 0 Å². The fourth-order valence-electron chi connectivity index (χ4n) is 5.06. The van der Waals surface area contributed by atoms with Crippen molar-refractivity contribution in [1.29, 1.82) is 0 Å². The van der Waals surface area contributed by atoms with Crippen LogP contribution in [0.3, 0.4) is 0 Å². The summed E-state index contributed by atoms with van der Waals surface area (Å²) in [6.07, 6.45) is 11.9. The van der Waals surface area contributed by atoms with Crippen molar-refractivity contribution in [1.82, 2.24) is 19.9 Å². The van der Waals surface area contributed by atoms with Gasteiger partial charge in [-0.25, -0.2) is 9.97 Å². The average Bonchev–Trinajstić information content (AvgIpc) is 2.68. The lowest BCUT2D eigenvalue weighted by Gasteiger charge is -2.57. The number of hydrogen-bond donors (Lipinski definition) is 0. The van der Waals surface area contributed by atoms with Crippen LogP contribution in [0, 0.1) is 17.3 Å². The molecule has 2 unspecified atom stereocenters. The molecule has 2 bridgehead atoms. The van der Waals surface area contributed by atoms with E-state index in [2.05, 4.69) is 34.8 Å². The topological polar surface area (TPSA) is 41.9 Å². The minimum absolute atomic E-state index is 0.513. The second kappa shape index (κ2) is 5.98. The van der Waals surface area contributed by atoms with E-state index in [1.807, 2.05) is 24.5 Å². The minimum Gasteiger partial charge on any atom is -0.295 e. The molecule has 26 heavy (non-hydrogen) atoms. The van der Waals surface area contributed by atoms with Gasteiger partial charge in [0.05, 0.1) is 5.69 Å². The molecule has 0 aromatic carbocycles. The van der Waals surface area contributed by atoms with Gasteiger partial charge in [0.15, 0.2) is 5.82 Å². The smallest absolute Gasteiger partial charge is 0.160 e. The summed E-state index contributed by atoms with van der Waals surface area (Å²) in [7, 11) is 0. The highest BCUT2D eigenvalue weighted by atomic mass is 15.1. The number of hydrogen-bond acceptors (Lipinski definition) is 4. The van der Waals surface area contributed by atoms with Crippen molar-refractivity contribution in [2.24, 2.45) is 17.3 Å². The van der Waals surface area contributed by atoms with Gasteiger partial charge in [-0.05, 0) is 42.2 Å². The van der Waals surface area contributed by atoms with Crippen LogP contribution < -0.4 is 0 Å². The Morgan fingerprint density at radius 1 is 1.27 bits per heavy atom. The van der Waals surface area contributed by atoms with E-state index in [1.54, 1.807) is 11.8 Å². The first kappa shape index (κ1) is 16.1. The summed E-state index contributed by atoms with van der Waals surface area (Å²) in [4.78, 5) is 16.2. The number of nitrogens with zero attached hydrogens (tertiary/aromatic N) is 4. The number of aromatic nitrogens is 3. The zero-order chi connectivity index (χ0) is 17.7. The summed E-state index contributed by atoms with van der Waals surface area (Å²) >= 11 is 0. The normalized spacial score (nSPS) is 26.6. The molecule has 2 aromatic rings. The standard InChI is InChI=1S/C22H26N4/c1-22(2)18-6-5-16(19(22)10-18)13-26-9-7-20-17(14-26)12-24-21(25-20)15-4-3-8-23-11-15/h3-5,8,11-12,18-19H,6-7,9-10,13-14H2,1-2H3. The van der Waals surface area contributed by atoms with E-state index in [0.717, 1.165) is 49.3 Å². The highest BCUT2D eigenvalue weighted by Gasteiger charge is 2.51. The highest BCUT2D eigenvalue weighted by Crippen LogP contribution is 2.59. The van der Waals surface area contributed by atoms with Crippen molar-refractivity contribution in [3.63, 3.8) is 0 Å². The van der Waals surface area contributed by atoms with Gasteiger partial charge in [0, 0.05) is 55.8 Å². The lowest BCUT2D eigenvalue weighted by molar-refractivity contribution is -0.0110. The maximum atomic E-state index is 4.82. The number of allylic oxidation sites excluding steroid dienone is 1. The van der Waals surface area contributed by atoms with Gasteiger partial charge in [0.25, 0.3) is 0 Å². The van der Waals surface area contributed by atoms with E-state index in [1.165, 1.54) is 24.1 Å². The monoisotopic (exact) mass is 346 g/mol. The van der Waals surface area contributed by atoms with Crippen LogP contribution in [0.4, 0.5) is 0 Å². The molecule has 1 aliphatic heterocycles. The fraction of sp³-hybridized carbons (Fsp3) is 0.500. The van der Waals surface area contributed by atoms with Crippen LogP contribution in [-0.2, 0) is 13.0 Å². The van der Waals surface area contributed by atoms with E-state index >= 15 is 0 Å². The lowest BCUT2D eigenvalue weighted by Crippen LogP contribution is -2.50. The summed E-state index contributed by atoms with van der Waals surface area (Å²) in [5, 5.41) is 0. The molecule has 1 fully saturated rings. The summed E-state index contributed by atoms with van der Waals surface area (Å²) in [5.74, 6) is 2.51. The van der Waals surface area contributed by atoms with Gasteiger partial charge in [-0.15, -0.1) is 0 Å². The van der Waals surface area contributed by atoms with Gasteiger partial charge in [-0.2, -0.15) is 0 Å². The molecule has 1 saturated carbocycles. The highest BCUT2D eigenvalue weighted by molar-refractivity contribution is 5.53. The maximum Gasteiger partial charge on any atom is 0.160 e. The molecule has 4 heteroatoms. The van der Waals surface area contributed by atoms with Crippen molar-refractivity contribution in [3.8, 4) is 11.4 Å². The predicted molar refractivity (Wildman–Crippen MR) is 102 cm³/mol. The third-order valence-corrected chi connectivity index (χ3v) is 6.92. The van der Waals surface area contributed by atoms with Crippen LogP contribution in [-0.4, -0.2) is 32.9 Å². The van der Waals surface area contributed by atoms with Crippen LogP contribution in [0.15, 0.2) is 42.4 Å². The van der Waals surface area contributed by atoms with Crippen LogP contribution in [0.25, 0.3) is 11.4 Å². The largest absolute Gasteiger partial charge is 0.295 e. The summed E-state index contributed by atoms with van der Waals surface area (Å²) in [6, 6.07) is 3.96. The maximum absolute atomic E-state index is 4.82. The predicted octanol–water partition coefficient (Wildman–Crippen LogP) is 3.89. The molecule has 134 valence electrons. The van der Waals surface area contributed by atoms with Crippen molar-refractivity contribution in [2.45, 2.75) is 39.7 Å². The fourth-order valence-corrected chi connectivity index (χ4v) is 5.06. The Morgan fingerprint density at radius 3 is 2.96 bits per heavy atom. The van der Waals surface area contributed by atoms with Crippen molar-refractivity contribution in [3.05, 3.63) is 53.6 Å². The van der Waals surface area contributed by atoms with E-state index < -0.39 is 0 Å². The van der Waals surface area contributed by atoms with E-state index in [-0.39, 0.29) is 0 Å². The minimum atomic E-state index is 0.513. The Balaban J connectivity index is 1.31. The Kier molecular flexibility index (Phi) is 3.71.